The molecule has 0 spiro atoms. The van der Waals surface area contributed by atoms with Gasteiger partial charge in [-0.3, -0.25) is 4.98 Å². The summed E-state index contributed by atoms with van der Waals surface area (Å²) in [5, 5.41) is 3.31. The Morgan fingerprint density at radius 2 is 1.90 bits per heavy atom. The molecule has 6 heteroatoms. The number of aromatic nitrogens is 1. The Labute approximate surface area is 125 Å². The van der Waals surface area contributed by atoms with Crippen LogP contribution in [0.4, 0.5) is 5.69 Å². The van der Waals surface area contributed by atoms with Crippen molar-refractivity contribution in [2.45, 2.75) is 24.8 Å². The van der Waals surface area contributed by atoms with Gasteiger partial charge in [0.15, 0.2) is 0 Å². The molecule has 0 saturated carbocycles. The van der Waals surface area contributed by atoms with Crippen LogP contribution in [0.3, 0.4) is 0 Å². The fourth-order valence-electron chi connectivity index (χ4n) is 1.97. The van der Waals surface area contributed by atoms with Gasteiger partial charge in [-0.05, 0) is 42.8 Å². The van der Waals surface area contributed by atoms with Crippen LogP contribution in [0.25, 0.3) is 0 Å². The van der Waals surface area contributed by atoms with Gasteiger partial charge in [0.05, 0.1) is 10.9 Å². The zero-order chi connectivity index (χ0) is 15.3. The van der Waals surface area contributed by atoms with Gasteiger partial charge in [-0.15, -0.1) is 0 Å². The fourth-order valence-corrected chi connectivity index (χ4v) is 3.01. The molecule has 112 valence electrons. The van der Waals surface area contributed by atoms with Crippen LogP contribution in [0.15, 0.2) is 53.7 Å². The Balaban J connectivity index is 2.10. The summed E-state index contributed by atoms with van der Waals surface area (Å²) in [6.07, 6.45) is 3.54. The third-order valence-corrected chi connectivity index (χ3v) is 4.63. The minimum absolute atomic E-state index is 0.0925. The third-order valence-electron chi connectivity index (χ3n) is 3.07. The van der Waals surface area contributed by atoms with Crippen LogP contribution in [0.5, 0.6) is 0 Å². The molecule has 0 bridgehead atoms. The molecule has 1 atom stereocenters. The molecule has 1 unspecified atom stereocenters. The van der Waals surface area contributed by atoms with Crippen molar-refractivity contribution in [2.75, 3.05) is 11.9 Å². The van der Waals surface area contributed by atoms with Crippen LogP contribution in [0.1, 0.15) is 25.5 Å². The van der Waals surface area contributed by atoms with E-state index in [1.807, 2.05) is 25.3 Å². The van der Waals surface area contributed by atoms with Crippen molar-refractivity contribution in [2.24, 2.45) is 0 Å². The smallest absolute Gasteiger partial charge is 0.240 e. The molecular formula is C15H19N3O2S. The van der Waals surface area contributed by atoms with E-state index in [2.05, 4.69) is 15.0 Å². The first-order chi connectivity index (χ1) is 10.0. The first-order valence-electron chi connectivity index (χ1n) is 6.79. The maximum Gasteiger partial charge on any atom is 0.240 e. The number of nitrogens with zero attached hydrogens (tertiary/aromatic N) is 1. The predicted molar refractivity (Wildman–Crippen MR) is 83.6 cm³/mol. The van der Waals surface area contributed by atoms with Crippen molar-refractivity contribution in [1.29, 1.82) is 0 Å². The number of nitrogens with one attached hydrogen (secondary N) is 2. The predicted octanol–water partition coefficient (Wildman–Crippen LogP) is 2.55. The standard InChI is InChI=1S/C15H19N3O2S/c1-3-17-21(19,20)15-8-6-14(7-9-15)18-12(2)13-5-4-10-16-11-13/h4-12,17-18H,3H2,1-2H3. The van der Waals surface area contributed by atoms with Crippen LogP contribution in [0, 0.1) is 0 Å². The number of hydrogen-bond acceptors (Lipinski definition) is 4. The van der Waals surface area contributed by atoms with Crippen molar-refractivity contribution in [3.8, 4) is 0 Å². The molecule has 0 aliphatic rings. The minimum atomic E-state index is -3.40. The summed E-state index contributed by atoms with van der Waals surface area (Å²) < 4.78 is 26.2. The van der Waals surface area contributed by atoms with Gasteiger partial charge in [-0.2, -0.15) is 0 Å². The quantitative estimate of drug-likeness (QED) is 0.860. The normalized spacial score (nSPS) is 12.9. The van der Waals surface area contributed by atoms with E-state index < -0.39 is 10.0 Å². The van der Waals surface area contributed by atoms with E-state index in [1.165, 1.54) is 0 Å². The van der Waals surface area contributed by atoms with E-state index in [9.17, 15) is 8.42 Å². The minimum Gasteiger partial charge on any atom is -0.378 e. The lowest BCUT2D eigenvalue weighted by Gasteiger charge is -2.15. The molecular weight excluding hydrogens is 286 g/mol. The second kappa shape index (κ2) is 6.69. The third kappa shape index (κ3) is 4.03. The van der Waals surface area contributed by atoms with Crippen LogP contribution >= 0.6 is 0 Å². The summed E-state index contributed by atoms with van der Waals surface area (Å²) in [4.78, 5) is 4.35. The van der Waals surface area contributed by atoms with Gasteiger partial charge in [-0.1, -0.05) is 13.0 Å². The number of pyridine rings is 1. The SMILES string of the molecule is CCNS(=O)(=O)c1ccc(NC(C)c2cccnc2)cc1. The highest BCUT2D eigenvalue weighted by atomic mass is 32.2. The zero-order valence-electron chi connectivity index (χ0n) is 12.1. The lowest BCUT2D eigenvalue weighted by atomic mass is 10.1. The largest absolute Gasteiger partial charge is 0.378 e. The van der Waals surface area contributed by atoms with E-state index >= 15 is 0 Å². The molecule has 2 N–H and O–H groups in total. The maximum atomic E-state index is 11.8. The molecule has 1 aromatic carbocycles. The fraction of sp³-hybridized carbons (Fsp3) is 0.267. The summed E-state index contributed by atoms with van der Waals surface area (Å²) in [6, 6.07) is 10.7. The van der Waals surface area contributed by atoms with Crippen molar-refractivity contribution < 1.29 is 8.42 Å². The number of benzene rings is 1. The second-order valence-electron chi connectivity index (χ2n) is 4.68. The average Bonchev–Trinajstić information content (AvgIpc) is 2.48. The molecule has 1 heterocycles. The molecule has 0 fully saturated rings. The molecule has 1 aromatic heterocycles. The second-order valence-corrected chi connectivity index (χ2v) is 6.45. The van der Waals surface area contributed by atoms with Crippen LogP contribution in [0.2, 0.25) is 0 Å². The van der Waals surface area contributed by atoms with E-state index in [0.717, 1.165) is 11.3 Å². The first-order valence-corrected chi connectivity index (χ1v) is 8.27. The molecule has 0 amide bonds. The van der Waals surface area contributed by atoms with E-state index in [0.29, 0.717) is 6.54 Å². The number of rotatable bonds is 6. The van der Waals surface area contributed by atoms with Gasteiger partial charge in [0, 0.05) is 24.6 Å². The van der Waals surface area contributed by atoms with Crippen molar-refractivity contribution in [1.82, 2.24) is 9.71 Å². The van der Waals surface area contributed by atoms with Crippen molar-refractivity contribution >= 4 is 15.7 Å². The lowest BCUT2D eigenvalue weighted by molar-refractivity contribution is 0.584. The molecule has 2 aromatic rings. The molecule has 0 aliphatic carbocycles. The first kappa shape index (κ1) is 15.5. The molecule has 21 heavy (non-hydrogen) atoms. The Kier molecular flexibility index (Phi) is 4.93. The molecule has 5 nitrogen and oxygen atoms in total. The summed E-state index contributed by atoms with van der Waals surface area (Å²) in [6.45, 7) is 4.16. The van der Waals surface area contributed by atoms with E-state index in [-0.39, 0.29) is 10.9 Å². The topological polar surface area (TPSA) is 71.1 Å². The summed E-state index contributed by atoms with van der Waals surface area (Å²) >= 11 is 0. The summed E-state index contributed by atoms with van der Waals surface area (Å²) in [7, 11) is -3.40. The highest BCUT2D eigenvalue weighted by Gasteiger charge is 2.12. The van der Waals surface area contributed by atoms with E-state index in [1.54, 1.807) is 37.4 Å². The van der Waals surface area contributed by atoms with Crippen molar-refractivity contribution in [3.63, 3.8) is 0 Å². The average molecular weight is 305 g/mol. The van der Waals surface area contributed by atoms with Crippen molar-refractivity contribution in [3.05, 3.63) is 54.4 Å². The molecule has 0 aliphatic heterocycles. The summed E-state index contributed by atoms with van der Waals surface area (Å²) in [5.41, 5.74) is 1.93. The van der Waals surface area contributed by atoms with Gasteiger partial charge in [0.1, 0.15) is 0 Å². The molecule has 2 rings (SSSR count). The molecule has 0 radical (unpaired) electrons. The Morgan fingerprint density at radius 3 is 2.48 bits per heavy atom. The maximum absolute atomic E-state index is 11.8. The van der Waals surface area contributed by atoms with Crippen LogP contribution in [-0.2, 0) is 10.0 Å². The van der Waals surface area contributed by atoms with Gasteiger partial charge in [-0.25, -0.2) is 13.1 Å². The van der Waals surface area contributed by atoms with E-state index in [4.69, 9.17) is 0 Å². The number of hydrogen-bond donors (Lipinski definition) is 2. The van der Waals surface area contributed by atoms with Gasteiger partial charge >= 0.3 is 0 Å². The highest BCUT2D eigenvalue weighted by molar-refractivity contribution is 7.89. The van der Waals surface area contributed by atoms with Crippen LogP contribution in [-0.4, -0.2) is 19.9 Å². The van der Waals surface area contributed by atoms with Gasteiger partial charge < -0.3 is 5.32 Å². The zero-order valence-corrected chi connectivity index (χ0v) is 12.9. The van der Waals surface area contributed by atoms with Gasteiger partial charge in [0.2, 0.25) is 10.0 Å². The molecule has 0 saturated heterocycles. The Morgan fingerprint density at radius 1 is 1.19 bits per heavy atom. The Bertz CT molecular complexity index is 670. The highest BCUT2D eigenvalue weighted by Crippen LogP contribution is 2.20. The Hall–Kier alpha value is -1.92. The number of anilines is 1. The number of sulfonamides is 1. The van der Waals surface area contributed by atoms with Crippen LogP contribution < -0.4 is 10.0 Å². The monoisotopic (exact) mass is 305 g/mol. The lowest BCUT2D eigenvalue weighted by Crippen LogP contribution is -2.23. The van der Waals surface area contributed by atoms with Gasteiger partial charge in [0.25, 0.3) is 0 Å². The summed E-state index contributed by atoms with van der Waals surface area (Å²) in [5.74, 6) is 0.